The fraction of sp³-hybridized carbons (Fsp3) is 0.667. The minimum atomic E-state index is -0.683. The van der Waals surface area contributed by atoms with Crippen LogP contribution in [0, 0.1) is 24.2 Å². The lowest BCUT2D eigenvalue weighted by molar-refractivity contribution is -0.195. The Morgan fingerprint density at radius 2 is 1.96 bits per heavy atom. The predicted molar refractivity (Wildman–Crippen MR) is 86.4 cm³/mol. The minimum absolute atomic E-state index is 0.139. The fourth-order valence-electron chi connectivity index (χ4n) is 5.39. The van der Waals surface area contributed by atoms with E-state index in [-0.39, 0.29) is 18.4 Å². The molecule has 4 aliphatic carbocycles. The molecule has 0 saturated heterocycles. The molecule has 1 aromatic rings. The van der Waals surface area contributed by atoms with Crippen LogP contribution >= 0.6 is 11.3 Å². The summed E-state index contributed by atoms with van der Waals surface area (Å²) in [6.45, 7) is 1.76. The highest BCUT2D eigenvalue weighted by Crippen LogP contribution is 2.61. The van der Waals surface area contributed by atoms with Crippen molar-refractivity contribution in [2.75, 3.05) is 6.61 Å². The Bertz CT molecular complexity index is 648. The van der Waals surface area contributed by atoms with Gasteiger partial charge < -0.3 is 9.84 Å². The maximum Gasteiger partial charge on any atom is 0.312 e. The van der Waals surface area contributed by atoms with Gasteiger partial charge in [0.05, 0.1) is 15.9 Å². The molecule has 23 heavy (non-hydrogen) atoms. The van der Waals surface area contributed by atoms with Crippen molar-refractivity contribution in [2.24, 2.45) is 17.3 Å². The number of Topliss-reactive ketones (excluding diaryl/α,β-unsaturated/α-hetero) is 1. The lowest BCUT2D eigenvalue weighted by Crippen LogP contribution is -2.58. The second-order valence-electron chi connectivity index (χ2n) is 7.88. The molecule has 0 aromatic carbocycles. The van der Waals surface area contributed by atoms with Gasteiger partial charge >= 0.3 is 5.97 Å². The molecule has 4 bridgehead atoms. The third-order valence-electron chi connectivity index (χ3n) is 5.81. The van der Waals surface area contributed by atoms with Crippen LogP contribution in [0.5, 0.6) is 0 Å². The number of aryl methyl sites for hydroxylation is 1. The van der Waals surface area contributed by atoms with Crippen molar-refractivity contribution >= 4 is 23.1 Å². The van der Waals surface area contributed by atoms with Crippen molar-refractivity contribution in [3.05, 3.63) is 21.9 Å². The number of esters is 1. The first-order valence-electron chi connectivity index (χ1n) is 8.37. The molecule has 0 aliphatic heterocycles. The molecule has 1 heterocycles. The maximum absolute atomic E-state index is 12.7. The van der Waals surface area contributed by atoms with Gasteiger partial charge in [0.15, 0.2) is 6.61 Å². The van der Waals surface area contributed by atoms with Gasteiger partial charge in [0, 0.05) is 4.88 Å². The second kappa shape index (κ2) is 5.15. The first-order valence-corrected chi connectivity index (χ1v) is 9.18. The van der Waals surface area contributed by atoms with E-state index in [4.69, 9.17) is 4.74 Å². The molecule has 1 aromatic heterocycles. The zero-order valence-electron chi connectivity index (χ0n) is 13.3. The van der Waals surface area contributed by atoms with E-state index < -0.39 is 11.0 Å². The standard InChI is InChI=1S/C18H22O4S/c1-11-2-3-15(23-11)14(19)9-22-16(20)17-5-12-4-13(6-17)8-18(21,7-12)10-17/h2-3,12-13,21H,4-10H2,1H3. The Kier molecular flexibility index (Phi) is 3.43. The van der Waals surface area contributed by atoms with Gasteiger partial charge in [-0.15, -0.1) is 11.3 Å². The van der Waals surface area contributed by atoms with Crippen molar-refractivity contribution in [2.45, 2.75) is 51.0 Å². The molecule has 0 spiro atoms. The maximum atomic E-state index is 12.7. The topological polar surface area (TPSA) is 63.6 Å². The van der Waals surface area contributed by atoms with Crippen LogP contribution in [0.2, 0.25) is 0 Å². The molecule has 4 nitrogen and oxygen atoms in total. The molecule has 1 N–H and O–H groups in total. The quantitative estimate of drug-likeness (QED) is 0.679. The number of carbonyl (C=O) groups excluding carboxylic acids is 2. The van der Waals surface area contributed by atoms with Crippen LogP contribution in [0.3, 0.4) is 0 Å². The Morgan fingerprint density at radius 3 is 2.52 bits per heavy atom. The molecule has 2 atom stereocenters. The normalized spacial score (nSPS) is 37.8. The van der Waals surface area contributed by atoms with Crippen LogP contribution in [0.25, 0.3) is 0 Å². The van der Waals surface area contributed by atoms with Crippen LogP contribution in [-0.4, -0.2) is 29.1 Å². The highest BCUT2D eigenvalue weighted by Gasteiger charge is 2.60. The number of carbonyl (C=O) groups is 2. The summed E-state index contributed by atoms with van der Waals surface area (Å²) in [6.07, 6.45) is 4.93. The van der Waals surface area contributed by atoms with Crippen LogP contribution in [0.4, 0.5) is 0 Å². The monoisotopic (exact) mass is 334 g/mol. The van der Waals surface area contributed by atoms with Crippen molar-refractivity contribution in [1.82, 2.24) is 0 Å². The third-order valence-corrected chi connectivity index (χ3v) is 6.85. The van der Waals surface area contributed by atoms with Gasteiger partial charge in [-0.25, -0.2) is 0 Å². The number of thiophene rings is 1. The summed E-state index contributed by atoms with van der Waals surface area (Å²) in [6, 6.07) is 3.68. The lowest BCUT2D eigenvalue weighted by Gasteiger charge is -2.58. The molecule has 5 heteroatoms. The molecule has 5 rings (SSSR count). The van der Waals surface area contributed by atoms with E-state index in [9.17, 15) is 14.7 Å². The van der Waals surface area contributed by atoms with E-state index in [1.165, 1.54) is 11.3 Å². The number of hydrogen-bond acceptors (Lipinski definition) is 5. The van der Waals surface area contributed by atoms with Gasteiger partial charge in [-0.05, 0) is 69.4 Å². The summed E-state index contributed by atoms with van der Waals surface area (Å²) >= 11 is 1.43. The number of ether oxygens (including phenoxy) is 1. The van der Waals surface area contributed by atoms with Gasteiger partial charge in [0.2, 0.25) is 5.78 Å². The number of ketones is 1. The van der Waals surface area contributed by atoms with Gasteiger partial charge in [-0.1, -0.05) is 0 Å². The second-order valence-corrected chi connectivity index (χ2v) is 9.16. The zero-order valence-corrected chi connectivity index (χ0v) is 14.2. The van der Waals surface area contributed by atoms with Gasteiger partial charge in [0.1, 0.15) is 0 Å². The average Bonchev–Trinajstić information content (AvgIpc) is 2.88. The van der Waals surface area contributed by atoms with Crippen LogP contribution in [0.1, 0.15) is 53.1 Å². The molecule has 124 valence electrons. The first kappa shape index (κ1) is 15.3. The summed E-state index contributed by atoms with van der Waals surface area (Å²) in [5, 5.41) is 10.7. The van der Waals surface area contributed by atoms with Crippen molar-refractivity contribution in [3.8, 4) is 0 Å². The third kappa shape index (κ3) is 2.64. The summed E-state index contributed by atoms with van der Waals surface area (Å²) in [7, 11) is 0. The highest BCUT2D eigenvalue weighted by atomic mass is 32.1. The molecular formula is C18H22O4S. The van der Waals surface area contributed by atoms with Gasteiger partial charge in [-0.2, -0.15) is 0 Å². The van der Waals surface area contributed by atoms with Crippen LogP contribution in [-0.2, 0) is 9.53 Å². The molecular weight excluding hydrogens is 312 g/mol. The molecule has 4 aliphatic rings. The van der Waals surface area contributed by atoms with E-state index in [1.807, 2.05) is 13.0 Å². The lowest BCUT2D eigenvalue weighted by atomic mass is 9.48. The van der Waals surface area contributed by atoms with Crippen molar-refractivity contribution in [3.63, 3.8) is 0 Å². The largest absolute Gasteiger partial charge is 0.457 e. The zero-order chi connectivity index (χ0) is 16.2. The summed E-state index contributed by atoms with van der Waals surface area (Å²) in [5.41, 5.74) is -1.23. The van der Waals surface area contributed by atoms with Gasteiger partial charge in [-0.3, -0.25) is 9.59 Å². The Hall–Kier alpha value is -1.20. The van der Waals surface area contributed by atoms with E-state index in [1.54, 1.807) is 6.07 Å². The minimum Gasteiger partial charge on any atom is -0.457 e. The van der Waals surface area contributed by atoms with E-state index in [0.29, 0.717) is 23.1 Å². The number of aliphatic hydroxyl groups is 1. The Balaban J connectivity index is 1.44. The smallest absolute Gasteiger partial charge is 0.312 e. The molecule has 4 saturated carbocycles. The van der Waals surface area contributed by atoms with Crippen molar-refractivity contribution in [1.29, 1.82) is 0 Å². The van der Waals surface area contributed by atoms with Crippen LogP contribution < -0.4 is 0 Å². The Labute approximate surface area is 139 Å². The Morgan fingerprint density at radius 1 is 1.26 bits per heavy atom. The van der Waals surface area contributed by atoms with Crippen LogP contribution in [0.15, 0.2) is 12.1 Å². The molecule has 0 radical (unpaired) electrons. The molecule has 0 amide bonds. The van der Waals surface area contributed by atoms with Crippen molar-refractivity contribution < 1.29 is 19.4 Å². The SMILES string of the molecule is Cc1ccc(C(=O)COC(=O)C23CC4CC(CC(O)(C4)C2)C3)s1. The van der Waals surface area contributed by atoms with E-state index in [0.717, 1.165) is 37.0 Å². The summed E-state index contributed by atoms with van der Waals surface area (Å²) in [4.78, 5) is 26.5. The van der Waals surface area contributed by atoms with E-state index in [2.05, 4.69) is 0 Å². The molecule has 2 unspecified atom stereocenters. The first-order chi connectivity index (χ1) is 10.9. The highest BCUT2D eigenvalue weighted by molar-refractivity contribution is 7.14. The summed E-state index contributed by atoms with van der Waals surface area (Å²) < 4.78 is 5.40. The predicted octanol–water partition coefficient (Wildman–Crippen LogP) is 3.11. The fourth-order valence-corrected chi connectivity index (χ4v) is 6.18. The number of hydrogen-bond donors (Lipinski definition) is 1. The molecule has 4 fully saturated rings. The van der Waals surface area contributed by atoms with Gasteiger partial charge in [0.25, 0.3) is 0 Å². The number of rotatable bonds is 4. The van der Waals surface area contributed by atoms with E-state index >= 15 is 0 Å². The summed E-state index contributed by atoms with van der Waals surface area (Å²) in [5.74, 6) is 0.459. The average molecular weight is 334 g/mol.